The number of non-ortho nitro benzene ring substituents is 1. The van der Waals surface area contributed by atoms with Crippen molar-refractivity contribution in [3.8, 4) is 5.75 Å². The number of amides is 2. The predicted molar refractivity (Wildman–Crippen MR) is 109 cm³/mol. The standard InChI is InChI=1S/C21H21N3O7/c25-19(9-14-31-18-7-5-17(6-8-18)24(29)30)22-10-12-23(13-11-22)20(26)15-1-3-16(4-2-15)21(27)28/h1-8H,9-14H2,(H,27,28). The summed E-state index contributed by atoms with van der Waals surface area (Å²) >= 11 is 0. The Morgan fingerprint density at radius 2 is 1.45 bits per heavy atom. The minimum Gasteiger partial charge on any atom is -0.493 e. The summed E-state index contributed by atoms with van der Waals surface area (Å²) in [6.07, 6.45) is 0.154. The highest BCUT2D eigenvalue weighted by Crippen LogP contribution is 2.17. The highest BCUT2D eigenvalue weighted by Gasteiger charge is 2.25. The topological polar surface area (TPSA) is 130 Å². The summed E-state index contributed by atoms with van der Waals surface area (Å²) in [5.41, 5.74) is 0.484. The first-order valence-electron chi connectivity index (χ1n) is 9.63. The Morgan fingerprint density at radius 3 is 2.00 bits per heavy atom. The fourth-order valence-electron chi connectivity index (χ4n) is 3.18. The molecule has 1 heterocycles. The number of ether oxygens (including phenoxy) is 1. The average molecular weight is 427 g/mol. The number of hydrogen-bond donors (Lipinski definition) is 1. The van der Waals surface area contributed by atoms with Crippen LogP contribution < -0.4 is 4.74 Å². The molecule has 0 aliphatic carbocycles. The van der Waals surface area contributed by atoms with Crippen molar-refractivity contribution < 1.29 is 29.2 Å². The molecule has 0 atom stereocenters. The molecule has 0 aromatic heterocycles. The molecule has 0 unspecified atom stereocenters. The average Bonchev–Trinajstić information content (AvgIpc) is 2.79. The van der Waals surface area contributed by atoms with Gasteiger partial charge in [0.15, 0.2) is 0 Å². The van der Waals surface area contributed by atoms with Crippen LogP contribution in [0.1, 0.15) is 27.1 Å². The van der Waals surface area contributed by atoms with Gasteiger partial charge in [-0.25, -0.2) is 4.79 Å². The van der Waals surface area contributed by atoms with Crippen LogP contribution in [-0.4, -0.2) is 70.4 Å². The third kappa shape index (κ3) is 5.56. The fourth-order valence-corrected chi connectivity index (χ4v) is 3.18. The van der Waals surface area contributed by atoms with E-state index in [0.717, 1.165) is 0 Å². The molecule has 1 saturated heterocycles. The highest BCUT2D eigenvalue weighted by atomic mass is 16.6. The number of aromatic carboxylic acids is 1. The number of carboxylic acid groups (broad SMARTS) is 1. The van der Waals surface area contributed by atoms with E-state index < -0.39 is 10.9 Å². The molecule has 0 radical (unpaired) electrons. The van der Waals surface area contributed by atoms with Gasteiger partial charge in [0.05, 0.1) is 23.5 Å². The van der Waals surface area contributed by atoms with Crippen molar-refractivity contribution in [1.29, 1.82) is 0 Å². The lowest BCUT2D eigenvalue weighted by Crippen LogP contribution is -2.50. The normalized spacial score (nSPS) is 13.5. The first-order chi connectivity index (χ1) is 14.8. The molecule has 0 saturated carbocycles. The van der Waals surface area contributed by atoms with Crippen molar-refractivity contribution in [2.24, 2.45) is 0 Å². The summed E-state index contributed by atoms with van der Waals surface area (Å²) in [7, 11) is 0. The maximum Gasteiger partial charge on any atom is 0.335 e. The number of piperazine rings is 1. The van der Waals surface area contributed by atoms with Gasteiger partial charge in [-0.2, -0.15) is 0 Å². The van der Waals surface area contributed by atoms with Gasteiger partial charge in [-0.15, -0.1) is 0 Å². The third-order valence-corrected chi connectivity index (χ3v) is 4.93. The number of benzene rings is 2. The van der Waals surface area contributed by atoms with Crippen LogP contribution in [-0.2, 0) is 4.79 Å². The molecular weight excluding hydrogens is 406 g/mol. The molecule has 3 rings (SSSR count). The molecule has 1 aliphatic heterocycles. The van der Waals surface area contributed by atoms with Crippen LogP contribution in [0.4, 0.5) is 5.69 Å². The van der Waals surface area contributed by atoms with Gasteiger partial charge in [0.25, 0.3) is 11.6 Å². The summed E-state index contributed by atoms with van der Waals surface area (Å²) < 4.78 is 5.47. The van der Waals surface area contributed by atoms with E-state index in [0.29, 0.717) is 37.5 Å². The number of carboxylic acids is 1. The van der Waals surface area contributed by atoms with Crippen LogP contribution >= 0.6 is 0 Å². The summed E-state index contributed by atoms with van der Waals surface area (Å²) in [6.45, 7) is 1.71. The summed E-state index contributed by atoms with van der Waals surface area (Å²) in [5, 5.41) is 19.6. The number of carbonyl (C=O) groups is 3. The second-order valence-electron chi connectivity index (χ2n) is 6.90. The molecule has 1 N–H and O–H groups in total. The van der Waals surface area contributed by atoms with Crippen molar-refractivity contribution in [3.63, 3.8) is 0 Å². The van der Waals surface area contributed by atoms with E-state index in [4.69, 9.17) is 9.84 Å². The first-order valence-corrected chi connectivity index (χ1v) is 9.63. The van der Waals surface area contributed by atoms with E-state index in [9.17, 15) is 24.5 Å². The molecule has 1 aliphatic rings. The lowest BCUT2D eigenvalue weighted by Gasteiger charge is -2.35. The highest BCUT2D eigenvalue weighted by molar-refractivity contribution is 5.96. The van der Waals surface area contributed by atoms with Gasteiger partial charge in [0, 0.05) is 43.9 Å². The maximum absolute atomic E-state index is 12.6. The largest absolute Gasteiger partial charge is 0.493 e. The van der Waals surface area contributed by atoms with Crippen molar-refractivity contribution in [3.05, 3.63) is 69.8 Å². The zero-order valence-corrected chi connectivity index (χ0v) is 16.6. The lowest BCUT2D eigenvalue weighted by atomic mass is 10.1. The molecule has 162 valence electrons. The summed E-state index contributed by atoms with van der Waals surface area (Å²) in [5.74, 6) is -0.906. The van der Waals surface area contributed by atoms with Gasteiger partial charge in [-0.1, -0.05) is 0 Å². The maximum atomic E-state index is 12.6. The van der Waals surface area contributed by atoms with Crippen LogP contribution in [0.5, 0.6) is 5.75 Å². The van der Waals surface area contributed by atoms with E-state index in [-0.39, 0.29) is 36.1 Å². The fraction of sp³-hybridized carbons (Fsp3) is 0.286. The van der Waals surface area contributed by atoms with Crippen LogP contribution in [0.2, 0.25) is 0 Å². The Bertz CT molecular complexity index is 965. The Balaban J connectivity index is 1.43. The van der Waals surface area contributed by atoms with Crippen LogP contribution in [0.25, 0.3) is 0 Å². The minimum absolute atomic E-state index is 0.0336. The van der Waals surface area contributed by atoms with E-state index in [2.05, 4.69) is 0 Å². The molecule has 31 heavy (non-hydrogen) atoms. The Morgan fingerprint density at radius 1 is 0.903 bits per heavy atom. The van der Waals surface area contributed by atoms with E-state index in [1.165, 1.54) is 48.5 Å². The monoisotopic (exact) mass is 427 g/mol. The number of hydrogen-bond acceptors (Lipinski definition) is 6. The van der Waals surface area contributed by atoms with Gasteiger partial charge >= 0.3 is 5.97 Å². The Hall–Kier alpha value is -3.95. The SMILES string of the molecule is O=C(O)c1ccc(C(=O)N2CCN(C(=O)CCOc3ccc([N+](=O)[O-])cc3)CC2)cc1. The molecule has 2 aromatic carbocycles. The quantitative estimate of drug-likeness (QED) is 0.528. The van der Waals surface area contributed by atoms with Gasteiger partial charge < -0.3 is 19.6 Å². The van der Waals surface area contributed by atoms with Crippen molar-refractivity contribution in [2.75, 3.05) is 32.8 Å². The molecule has 0 spiro atoms. The van der Waals surface area contributed by atoms with E-state index >= 15 is 0 Å². The summed E-state index contributed by atoms with van der Waals surface area (Å²) in [6, 6.07) is 11.4. The van der Waals surface area contributed by atoms with Crippen molar-refractivity contribution in [2.45, 2.75) is 6.42 Å². The zero-order chi connectivity index (χ0) is 22.4. The second kappa shape index (κ2) is 9.70. The van der Waals surface area contributed by atoms with Crippen LogP contribution in [0.3, 0.4) is 0 Å². The smallest absolute Gasteiger partial charge is 0.335 e. The van der Waals surface area contributed by atoms with Crippen molar-refractivity contribution >= 4 is 23.5 Å². The number of nitro benzene ring substituents is 1. The molecule has 0 bridgehead atoms. The number of nitro groups is 1. The van der Waals surface area contributed by atoms with Gasteiger partial charge in [0.2, 0.25) is 5.91 Å². The predicted octanol–water partition coefficient (Wildman–Crippen LogP) is 2.05. The first kappa shape index (κ1) is 21.8. The third-order valence-electron chi connectivity index (χ3n) is 4.93. The Kier molecular flexibility index (Phi) is 6.81. The Labute approximate surface area is 177 Å². The van der Waals surface area contributed by atoms with Gasteiger partial charge in [-0.05, 0) is 36.4 Å². The molecule has 2 aromatic rings. The second-order valence-corrected chi connectivity index (χ2v) is 6.90. The number of rotatable bonds is 7. The molecule has 10 nitrogen and oxygen atoms in total. The van der Waals surface area contributed by atoms with Crippen LogP contribution in [0, 0.1) is 10.1 Å². The lowest BCUT2D eigenvalue weighted by molar-refractivity contribution is -0.384. The number of carbonyl (C=O) groups excluding carboxylic acids is 2. The molecular formula is C21H21N3O7. The van der Waals surface area contributed by atoms with Crippen molar-refractivity contribution in [1.82, 2.24) is 9.80 Å². The zero-order valence-electron chi connectivity index (χ0n) is 16.6. The van der Waals surface area contributed by atoms with E-state index in [1.807, 2.05) is 0 Å². The van der Waals surface area contributed by atoms with Crippen LogP contribution in [0.15, 0.2) is 48.5 Å². The number of nitrogens with zero attached hydrogens (tertiary/aromatic N) is 3. The van der Waals surface area contributed by atoms with Gasteiger partial charge in [-0.3, -0.25) is 19.7 Å². The molecule has 1 fully saturated rings. The summed E-state index contributed by atoms with van der Waals surface area (Å²) in [4.78, 5) is 49.3. The minimum atomic E-state index is -1.05. The van der Waals surface area contributed by atoms with Gasteiger partial charge in [0.1, 0.15) is 5.75 Å². The molecule has 10 heteroatoms. The van der Waals surface area contributed by atoms with E-state index in [1.54, 1.807) is 9.80 Å². The molecule has 2 amide bonds.